The standard InChI is InChI=1S/C18H17BrClNO2/c19-14-5-6-16(20)15(9-14)17(22)21-11-18(23)8-7-12-3-1-2-4-13(12)10-18/h1-6,9,23H,7-8,10-11H2,(H,21,22). The van der Waals surface area contributed by atoms with Crippen LogP contribution in [0.1, 0.15) is 27.9 Å². The molecule has 3 rings (SSSR count). The highest BCUT2D eigenvalue weighted by Gasteiger charge is 2.32. The Kier molecular flexibility index (Phi) is 4.76. The lowest BCUT2D eigenvalue weighted by Gasteiger charge is -2.33. The Morgan fingerprint density at radius 2 is 2.00 bits per heavy atom. The van der Waals surface area contributed by atoms with Crippen molar-refractivity contribution in [3.63, 3.8) is 0 Å². The van der Waals surface area contributed by atoms with E-state index in [4.69, 9.17) is 11.6 Å². The van der Waals surface area contributed by atoms with Crippen LogP contribution in [0.15, 0.2) is 46.9 Å². The summed E-state index contributed by atoms with van der Waals surface area (Å²) in [6.45, 7) is 0.211. The molecule has 1 aliphatic rings. The Morgan fingerprint density at radius 3 is 2.78 bits per heavy atom. The first kappa shape index (κ1) is 16.5. The van der Waals surface area contributed by atoms with E-state index in [1.807, 2.05) is 18.2 Å². The van der Waals surface area contributed by atoms with Crippen LogP contribution in [0.2, 0.25) is 5.02 Å². The molecule has 3 nitrogen and oxygen atoms in total. The molecule has 0 radical (unpaired) electrons. The van der Waals surface area contributed by atoms with Crippen molar-refractivity contribution in [2.45, 2.75) is 24.9 Å². The summed E-state index contributed by atoms with van der Waals surface area (Å²) in [7, 11) is 0. The molecule has 2 aromatic rings. The molecule has 1 aliphatic carbocycles. The van der Waals surface area contributed by atoms with Crippen molar-refractivity contribution >= 4 is 33.4 Å². The number of rotatable bonds is 3. The minimum absolute atomic E-state index is 0.211. The minimum Gasteiger partial charge on any atom is -0.388 e. The predicted octanol–water partition coefficient (Wildman–Crippen LogP) is 3.75. The normalized spacial score (nSPS) is 20.0. The average molecular weight is 395 g/mol. The number of fused-ring (bicyclic) bond motifs is 1. The molecule has 0 aromatic heterocycles. The van der Waals surface area contributed by atoms with Crippen LogP contribution >= 0.6 is 27.5 Å². The fraction of sp³-hybridized carbons (Fsp3) is 0.278. The van der Waals surface area contributed by atoms with Gasteiger partial charge < -0.3 is 10.4 Å². The monoisotopic (exact) mass is 393 g/mol. The van der Waals surface area contributed by atoms with Gasteiger partial charge in [0.05, 0.1) is 16.2 Å². The van der Waals surface area contributed by atoms with Gasteiger partial charge in [-0.15, -0.1) is 0 Å². The van der Waals surface area contributed by atoms with Gasteiger partial charge in [0.2, 0.25) is 0 Å². The Balaban J connectivity index is 1.68. The summed E-state index contributed by atoms with van der Waals surface area (Å²) in [4.78, 5) is 12.3. The highest BCUT2D eigenvalue weighted by Crippen LogP contribution is 2.28. The van der Waals surface area contributed by atoms with E-state index in [2.05, 4.69) is 27.3 Å². The van der Waals surface area contributed by atoms with Gasteiger partial charge in [0.1, 0.15) is 0 Å². The summed E-state index contributed by atoms with van der Waals surface area (Å²) >= 11 is 9.40. The van der Waals surface area contributed by atoms with Crippen LogP contribution in [-0.2, 0) is 12.8 Å². The van der Waals surface area contributed by atoms with Crippen molar-refractivity contribution in [1.29, 1.82) is 0 Å². The first-order chi connectivity index (χ1) is 11.0. The largest absolute Gasteiger partial charge is 0.388 e. The third-order valence-corrected chi connectivity index (χ3v) is 5.07. The quantitative estimate of drug-likeness (QED) is 0.833. The maximum atomic E-state index is 12.3. The van der Waals surface area contributed by atoms with E-state index in [-0.39, 0.29) is 12.5 Å². The number of benzene rings is 2. The first-order valence-corrected chi connectivity index (χ1v) is 8.66. The van der Waals surface area contributed by atoms with Crippen LogP contribution in [0.3, 0.4) is 0 Å². The van der Waals surface area contributed by atoms with E-state index < -0.39 is 5.60 Å². The van der Waals surface area contributed by atoms with E-state index in [9.17, 15) is 9.90 Å². The molecule has 1 unspecified atom stereocenters. The number of carbonyl (C=O) groups is 1. The third kappa shape index (κ3) is 3.77. The lowest BCUT2D eigenvalue weighted by molar-refractivity contribution is 0.0260. The average Bonchev–Trinajstić information content (AvgIpc) is 2.55. The fourth-order valence-electron chi connectivity index (χ4n) is 2.95. The van der Waals surface area contributed by atoms with Gasteiger partial charge in [-0.25, -0.2) is 0 Å². The molecule has 120 valence electrons. The minimum atomic E-state index is -0.914. The van der Waals surface area contributed by atoms with Crippen LogP contribution in [-0.4, -0.2) is 23.2 Å². The maximum absolute atomic E-state index is 12.3. The molecular formula is C18H17BrClNO2. The summed E-state index contributed by atoms with van der Waals surface area (Å²) in [6, 6.07) is 13.3. The predicted molar refractivity (Wildman–Crippen MR) is 94.9 cm³/mol. The van der Waals surface area contributed by atoms with E-state index in [1.165, 1.54) is 5.56 Å². The number of carbonyl (C=O) groups excluding carboxylic acids is 1. The molecule has 0 fully saturated rings. The Hall–Kier alpha value is -1.36. The van der Waals surface area contributed by atoms with Gasteiger partial charge in [0, 0.05) is 17.4 Å². The highest BCUT2D eigenvalue weighted by atomic mass is 79.9. The van der Waals surface area contributed by atoms with Crippen LogP contribution in [0, 0.1) is 0 Å². The van der Waals surface area contributed by atoms with Gasteiger partial charge in [-0.2, -0.15) is 0 Å². The van der Waals surface area contributed by atoms with Crippen molar-refractivity contribution in [3.8, 4) is 0 Å². The van der Waals surface area contributed by atoms with Crippen molar-refractivity contribution in [1.82, 2.24) is 5.32 Å². The maximum Gasteiger partial charge on any atom is 0.252 e. The van der Waals surface area contributed by atoms with Crippen LogP contribution in [0.4, 0.5) is 0 Å². The highest BCUT2D eigenvalue weighted by molar-refractivity contribution is 9.10. The second-order valence-corrected chi connectivity index (χ2v) is 7.30. The van der Waals surface area contributed by atoms with Crippen molar-refractivity contribution in [3.05, 3.63) is 68.7 Å². The van der Waals surface area contributed by atoms with Gasteiger partial charge in [-0.1, -0.05) is 51.8 Å². The molecule has 2 N–H and O–H groups in total. The number of amides is 1. The van der Waals surface area contributed by atoms with Crippen LogP contribution in [0.25, 0.3) is 0 Å². The zero-order valence-electron chi connectivity index (χ0n) is 12.5. The molecule has 0 heterocycles. The van der Waals surface area contributed by atoms with E-state index in [1.54, 1.807) is 18.2 Å². The summed E-state index contributed by atoms with van der Waals surface area (Å²) in [6.07, 6.45) is 2.01. The Bertz CT molecular complexity index is 750. The zero-order chi connectivity index (χ0) is 16.4. The SMILES string of the molecule is O=C(NCC1(O)CCc2ccccc2C1)c1cc(Br)ccc1Cl. The van der Waals surface area contributed by atoms with Gasteiger partial charge >= 0.3 is 0 Å². The van der Waals surface area contributed by atoms with E-state index >= 15 is 0 Å². The molecule has 23 heavy (non-hydrogen) atoms. The lowest BCUT2D eigenvalue weighted by Crippen LogP contribution is -2.46. The lowest BCUT2D eigenvalue weighted by atomic mass is 9.80. The van der Waals surface area contributed by atoms with Crippen molar-refractivity contribution in [2.24, 2.45) is 0 Å². The summed E-state index contributed by atoms with van der Waals surface area (Å²) in [5, 5.41) is 14.0. The smallest absolute Gasteiger partial charge is 0.252 e. The topological polar surface area (TPSA) is 49.3 Å². The molecule has 1 atom stereocenters. The van der Waals surface area contributed by atoms with Gasteiger partial charge in [-0.05, 0) is 42.2 Å². The first-order valence-electron chi connectivity index (χ1n) is 7.49. The second kappa shape index (κ2) is 6.63. The summed E-state index contributed by atoms with van der Waals surface area (Å²) < 4.78 is 0.789. The van der Waals surface area contributed by atoms with Crippen molar-refractivity contribution < 1.29 is 9.90 Å². The summed E-state index contributed by atoms with van der Waals surface area (Å²) in [5.74, 6) is -0.274. The molecule has 2 aromatic carbocycles. The molecule has 0 saturated heterocycles. The van der Waals surface area contributed by atoms with Crippen molar-refractivity contribution in [2.75, 3.05) is 6.54 Å². The second-order valence-electron chi connectivity index (χ2n) is 5.98. The molecule has 0 saturated carbocycles. The molecule has 5 heteroatoms. The Morgan fingerprint density at radius 1 is 1.26 bits per heavy atom. The molecule has 1 amide bonds. The van der Waals surface area contributed by atoms with E-state index in [0.29, 0.717) is 23.4 Å². The third-order valence-electron chi connectivity index (χ3n) is 4.25. The number of hydrogen-bond donors (Lipinski definition) is 2. The number of hydrogen-bond acceptors (Lipinski definition) is 2. The number of halogens is 2. The number of aryl methyl sites for hydroxylation is 1. The van der Waals surface area contributed by atoms with E-state index in [0.717, 1.165) is 16.5 Å². The van der Waals surface area contributed by atoms with Gasteiger partial charge in [0.25, 0.3) is 5.91 Å². The molecule has 0 spiro atoms. The molecule has 0 aliphatic heterocycles. The fourth-order valence-corrected chi connectivity index (χ4v) is 3.51. The molecular weight excluding hydrogens is 378 g/mol. The van der Waals surface area contributed by atoms with Gasteiger partial charge in [0.15, 0.2) is 0 Å². The zero-order valence-corrected chi connectivity index (χ0v) is 14.8. The Labute approximate surface area is 148 Å². The number of nitrogens with one attached hydrogen (secondary N) is 1. The van der Waals surface area contributed by atoms with Crippen LogP contribution in [0.5, 0.6) is 0 Å². The van der Waals surface area contributed by atoms with Gasteiger partial charge in [-0.3, -0.25) is 4.79 Å². The number of aliphatic hydroxyl groups is 1. The van der Waals surface area contributed by atoms with Crippen LogP contribution < -0.4 is 5.32 Å². The molecule has 0 bridgehead atoms. The summed E-state index contributed by atoms with van der Waals surface area (Å²) in [5.41, 5.74) is 1.91.